The van der Waals surface area contributed by atoms with E-state index in [9.17, 15) is 19.2 Å². The molecule has 1 heterocycles. The first-order valence-corrected chi connectivity index (χ1v) is 9.44. The van der Waals surface area contributed by atoms with Gasteiger partial charge in [-0.1, -0.05) is 45.4 Å². The predicted octanol–water partition coefficient (Wildman–Crippen LogP) is 2.19. The molecular weight excluding hydrogens is 322 g/mol. The molecule has 140 valence electrons. The van der Waals surface area contributed by atoms with Crippen molar-refractivity contribution < 1.29 is 19.2 Å². The fourth-order valence-electron chi connectivity index (χ4n) is 3.56. The molecule has 1 unspecified atom stereocenters. The van der Waals surface area contributed by atoms with Crippen molar-refractivity contribution in [1.29, 1.82) is 0 Å². The summed E-state index contributed by atoms with van der Waals surface area (Å²) in [5, 5.41) is 2.80. The standard InChI is InChI=1S/C18H29N3O4/c1-3-4-6-9-13(2)19-15(22)12-20-16(23)17(24)21(18(20)25)14-10-7-5-8-11-14/h13-14H,3-12H2,1-2H3,(H,19,22). The van der Waals surface area contributed by atoms with Gasteiger partial charge in [0.1, 0.15) is 6.54 Å². The summed E-state index contributed by atoms with van der Waals surface area (Å²) in [5.41, 5.74) is 0. The van der Waals surface area contributed by atoms with E-state index in [1.165, 1.54) is 0 Å². The van der Waals surface area contributed by atoms with Gasteiger partial charge in [-0.3, -0.25) is 19.3 Å². The highest BCUT2D eigenvalue weighted by molar-refractivity contribution is 6.45. The van der Waals surface area contributed by atoms with Gasteiger partial charge in [0.05, 0.1) is 0 Å². The molecule has 1 atom stereocenters. The number of urea groups is 1. The van der Waals surface area contributed by atoms with E-state index in [0.717, 1.165) is 67.6 Å². The summed E-state index contributed by atoms with van der Waals surface area (Å²) in [7, 11) is 0. The number of carbonyl (C=O) groups excluding carboxylic acids is 4. The van der Waals surface area contributed by atoms with Crippen molar-refractivity contribution in [3.8, 4) is 0 Å². The fourth-order valence-corrected chi connectivity index (χ4v) is 3.56. The SMILES string of the molecule is CCCCCC(C)NC(=O)CN1C(=O)C(=O)N(C2CCCCC2)C1=O. The maximum atomic E-state index is 12.5. The van der Waals surface area contributed by atoms with Crippen LogP contribution in [-0.4, -0.2) is 52.2 Å². The van der Waals surface area contributed by atoms with E-state index in [-0.39, 0.29) is 18.6 Å². The lowest BCUT2D eigenvalue weighted by Gasteiger charge is -2.28. The van der Waals surface area contributed by atoms with E-state index in [1.54, 1.807) is 0 Å². The summed E-state index contributed by atoms with van der Waals surface area (Å²) >= 11 is 0. The van der Waals surface area contributed by atoms with Gasteiger partial charge in [0.15, 0.2) is 0 Å². The average molecular weight is 351 g/mol. The predicted molar refractivity (Wildman–Crippen MR) is 92.6 cm³/mol. The number of imide groups is 2. The van der Waals surface area contributed by atoms with Crippen LogP contribution in [-0.2, 0) is 14.4 Å². The van der Waals surface area contributed by atoms with Gasteiger partial charge in [0.25, 0.3) is 0 Å². The molecule has 0 radical (unpaired) electrons. The van der Waals surface area contributed by atoms with Crippen molar-refractivity contribution in [2.75, 3.05) is 6.54 Å². The Morgan fingerprint density at radius 1 is 1.12 bits per heavy atom. The zero-order valence-electron chi connectivity index (χ0n) is 15.3. The van der Waals surface area contributed by atoms with Gasteiger partial charge in [-0.2, -0.15) is 0 Å². The van der Waals surface area contributed by atoms with E-state index >= 15 is 0 Å². The van der Waals surface area contributed by atoms with E-state index in [1.807, 2.05) is 6.92 Å². The van der Waals surface area contributed by atoms with Crippen molar-refractivity contribution in [1.82, 2.24) is 15.1 Å². The highest BCUT2D eigenvalue weighted by Crippen LogP contribution is 2.26. The summed E-state index contributed by atoms with van der Waals surface area (Å²) in [6.07, 6.45) is 8.55. The zero-order valence-corrected chi connectivity index (χ0v) is 15.3. The molecule has 7 heteroatoms. The summed E-state index contributed by atoms with van der Waals surface area (Å²) < 4.78 is 0. The van der Waals surface area contributed by atoms with Gasteiger partial charge in [-0.25, -0.2) is 9.69 Å². The monoisotopic (exact) mass is 351 g/mol. The maximum Gasteiger partial charge on any atom is 0.334 e. The third-order valence-electron chi connectivity index (χ3n) is 4.97. The molecule has 7 nitrogen and oxygen atoms in total. The molecule has 1 saturated carbocycles. The molecular formula is C18H29N3O4. The Hall–Kier alpha value is -1.92. The van der Waals surface area contributed by atoms with E-state index in [2.05, 4.69) is 12.2 Å². The summed E-state index contributed by atoms with van der Waals surface area (Å²) in [6.45, 7) is 3.63. The average Bonchev–Trinajstić information content (AvgIpc) is 2.79. The molecule has 1 saturated heterocycles. The van der Waals surface area contributed by atoms with Crippen LogP contribution in [0.1, 0.15) is 71.6 Å². The lowest BCUT2D eigenvalue weighted by atomic mass is 9.94. The van der Waals surface area contributed by atoms with Crippen molar-refractivity contribution >= 4 is 23.8 Å². The molecule has 1 N–H and O–H groups in total. The second kappa shape index (κ2) is 8.97. The third-order valence-corrected chi connectivity index (χ3v) is 4.97. The van der Waals surface area contributed by atoms with E-state index < -0.39 is 23.8 Å². The molecule has 2 rings (SSSR count). The highest BCUT2D eigenvalue weighted by Gasteiger charge is 2.48. The fraction of sp³-hybridized carbons (Fsp3) is 0.778. The Morgan fingerprint density at radius 3 is 2.44 bits per heavy atom. The molecule has 0 aromatic heterocycles. The summed E-state index contributed by atoms with van der Waals surface area (Å²) in [5.74, 6) is -2.07. The third kappa shape index (κ3) is 4.80. The second-order valence-corrected chi connectivity index (χ2v) is 7.11. The van der Waals surface area contributed by atoms with Crippen LogP contribution >= 0.6 is 0 Å². The van der Waals surface area contributed by atoms with Crippen LogP contribution in [0.2, 0.25) is 0 Å². The molecule has 0 bridgehead atoms. The largest absolute Gasteiger partial charge is 0.352 e. The number of nitrogens with zero attached hydrogens (tertiary/aromatic N) is 2. The smallest absolute Gasteiger partial charge is 0.334 e. The van der Waals surface area contributed by atoms with Crippen LogP contribution in [0.4, 0.5) is 4.79 Å². The number of nitrogens with one attached hydrogen (secondary N) is 1. The van der Waals surface area contributed by atoms with Crippen LogP contribution in [0.3, 0.4) is 0 Å². The minimum Gasteiger partial charge on any atom is -0.352 e. The highest BCUT2D eigenvalue weighted by atomic mass is 16.2. The number of carbonyl (C=O) groups is 4. The molecule has 2 aliphatic rings. The summed E-state index contributed by atoms with van der Waals surface area (Å²) in [4.78, 5) is 50.8. The molecule has 1 aliphatic heterocycles. The number of hydrogen-bond acceptors (Lipinski definition) is 4. The Balaban J connectivity index is 1.90. The van der Waals surface area contributed by atoms with Gasteiger partial charge < -0.3 is 5.32 Å². The quantitative estimate of drug-likeness (QED) is 0.412. The van der Waals surface area contributed by atoms with Crippen molar-refractivity contribution in [2.45, 2.75) is 83.7 Å². The first-order chi connectivity index (χ1) is 12.0. The normalized spacial score (nSPS) is 20.3. The number of hydrogen-bond donors (Lipinski definition) is 1. The maximum absolute atomic E-state index is 12.5. The minimum atomic E-state index is -0.885. The van der Waals surface area contributed by atoms with Crippen molar-refractivity contribution in [2.24, 2.45) is 0 Å². The van der Waals surface area contributed by atoms with Gasteiger partial charge in [0, 0.05) is 12.1 Å². The van der Waals surface area contributed by atoms with E-state index in [4.69, 9.17) is 0 Å². The first-order valence-electron chi connectivity index (χ1n) is 9.44. The van der Waals surface area contributed by atoms with Crippen LogP contribution in [0, 0.1) is 0 Å². The number of unbranched alkanes of at least 4 members (excludes halogenated alkanes) is 2. The Morgan fingerprint density at radius 2 is 1.80 bits per heavy atom. The second-order valence-electron chi connectivity index (χ2n) is 7.11. The van der Waals surface area contributed by atoms with E-state index in [0.29, 0.717) is 0 Å². The van der Waals surface area contributed by atoms with Crippen LogP contribution in [0.5, 0.6) is 0 Å². The molecule has 0 aromatic rings. The van der Waals surface area contributed by atoms with Gasteiger partial charge in [-0.05, 0) is 26.2 Å². The molecule has 25 heavy (non-hydrogen) atoms. The zero-order chi connectivity index (χ0) is 18.4. The van der Waals surface area contributed by atoms with Crippen molar-refractivity contribution in [3.05, 3.63) is 0 Å². The van der Waals surface area contributed by atoms with Crippen LogP contribution < -0.4 is 5.32 Å². The van der Waals surface area contributed by atoms with Gasteiger partial charge in [-0.15, -0.1) is 0 Å². The lowest BCUT2D eigenvalue weighted by molar-refractivity contribution is -0.144. The topological polar surface area (TPSA) is 86.8 Å². The Bertz CT molecular complexity index is 528. The molecule has 0 spiro atoms. The van der Waals surface area contributed by atoms with Gasteiger partial charge >= 0.3 is 17.8 Å². The Kier molecular flexibility index (Phi) is 6.96. The first kappa shape index (κ1) is 19.4. The Labute approximate surface area is 149 Å². The van der Waals surface area contributed by atoms with Crippen molar-refractivity contribution in [3.63, 3.8) is 0 Å². The molecule has 2 fully saturated rings. The lowest BCUT2D eigenvalue weighted by Crippen LogP contribution is -2.45. The van der Waals surface area contributed by atoms with Gasteiger partial charge in [0.2, 0.25) is 5.91 Å². The molecule has 1 aliphatic carbocycles. The molecule has 0 aromatic carbocycles. The summed E-state index contributed by atoms with van der Waals surface area (Å²) in [6, 6.07) is -0.869. The number of amides is 5. The number of rotatable bonds is 8. The molecule has 5 amide bonds. The van der Waals surface area contributed by atoms with Crippen LogP contribution in [0.25, 0.3) is 0 Å². The minimum absolute atomic E-state index is 0.0167. The van der Waals surface area contributed by atoms with Crippen LogP contribution in [0.15, 0.2) is 0 Å².